The van der Waals surface area contributed by atoms with E-state index in [4.69, 9.17) is 52.2 Å². The number of hydrazine groups is 2. The van der Waals surface area contributed by atoms with E-state index in [1.807, 2.05) is 0 Å². The van der Waals surface area contributed by atoms with E-state index in [9.17, 15) is 123 Å². The number of nitrogens with two attached hydrogens (primary N) is 4. The van der Waals surface area contributed by atoms with Gasteiger partial charge in [0.15, 0.2) is 0 Å². The van der Waals surface area contributed by atoms with Gasteiger partial charge in [0.05, 0.1) is 37.4 Å². The predicted octanol–water partition coefficient (Wildman–Crippen LogP) is -1.03. The molecule has 1 heterocycles. The Hall–Kier alpha value is -14.7. The van der Waals surface area contributed by atoms with Crippen molar-refractivity contribution in [1.29, 1.82) is 0 Å². The minimum atomic E-state index is -5.08. The van der Waals surface area contributed by atoms with Crippen LogP contribution in [0.1, 0.15) is 162 Å². The number of halogens is 6. The van der Waals surface area contributed by atoms with Crippen molar-refractivity contribution in [2.24, 2.45) is 34.8 Å². The molecule has 760 valence electrons. The predicted molar refractivity (Wildman–Crippen MR) is 476 cm³/mol. The zero-order valence-corrected chi connectivity index (χ0v) is 76.1. The molecule has 52 heteroatoms. The minimum Gasteiger partial charge on any atom is -0.496 e. The maximum atomic E-state index is 14.2. The molecular formula is C86H118F6N20O26. The van der Waals surface area contributed by atoms with E-state index in [2.05, 4.69) is 85.5 Å². The van der Waals surface area contributed by atoms with Gasteiger partial charge in [0, 0.05) is 50.1 Å². The Bertz CT molecular complexity index is 4550. The van der Waals surface area contributed by atoms with E-state index in [1.54, 1.807) is 88.4 Å². The van der Waals surface area contributed by atoms with Gasteiger partial charge in [-0.15, -0.1) is 0 Å². The smallest absolute Gasteiger partial charge is 0.490 e. The van der Waals surface area contributed by atoms with Crippen LogP contribution in [0.5, 0.6) is 11.5 Å². The number of ether oxygens (including phenoxy) is 2. The summed E-state index contributed by atoms with van der Waals surface area (Å²) in [6, 6.07) is 9.07. The largest absolute Gasteiger partial charge is 0.496 e. The highest BCUT2D eigenvalue weighted by Gasteiger charge is 2.40. The number of hydrogen-bond donors (Lipinski definition) is 24. The van der Waals surface area contributed by atoms with Gasteiger partial charge in [-0.2, -0.15) is 26.3 Å². The lowest BCUT2D eigenvalue weighted by atomic mass is 10.0. The number of rotatable bonds is 24. The molecule has 1 aliphatic rings. The van der Waals surface area contributed by atoms with Gasteiger partial charge in [0.25, 0.3) is 23.6 Å². The zero-order valence-electron chi connectivity index (χ0n) is 76.1. The van der Waals surface area contributed by atoms with E-state index in [-0.39, 0.29) is 136 Å². The summed E-state index contributed by atoms with van der Waals surface area (Å²) < 4.78 is 74.3. The monoisotopic (exact) mass is 1960 g/mol. The molecule has 10 atom stereocenters. The van der Waals surface area contributed by atoms with Crippen molar-refractivity contribution >= 4 is 130 Å². The van der Waals surface area contributed by atoms with E-state index >= 15 is 0 Å². The molecule has 28 N–H and O–H groups in total. The summed E-state index contributed by atoms with van der Waals surface area (Å²) in [5.74, 6) is -25.7. The molecule has 0 aromatic heterocycles. The standard InChI is InChI=1S/C82H116N20O22.2C2HF3O2/c1-45(2)39-59-75(115)93-55(25-13-15-35-83)71(111)87-37-17-23-53(85)69(109)91-57(29-33-65(103)104)73(113)96-62(42-48-21-11-8-12-22-48)78(118)102-100-68(108)52-44-50(28-32-64(52)124-6)90-80(120)82(122)98-60(40-46(3)4)76(116)94-56(26-14-16-36-84)72(112)88-38-18-24-54(86)70(110)92-58(30-34-66(105)106)74(114)95-61(41-47-19-9-7-10-20-47)77(117)101-99-67(107)51-43-49(27-31-63(51)123-5)89-79(119)81(121)97-59;2*3-2(4,5)1(6)7/h7-12,19-22,27-28,31-32,43-46,53-62H,13-18,23-26,29-30,33-42,83-86H2,1-6H3,(H,87,111)(H,88,112)(H,89,119)(H,90,120)(H,91,109)(H,92,110)(H,93,115)(H,94,116)(H,95,114)(H,96,113)(H,97,121)(H,98,122)(H,99,107)(H,100,108)(H,101,117)(H,102,118)(H,103,104)(H,105,106);2*(H,6,7)/t53-,54-,55-,56-,57-,58-,59-,60-,61-,62-;;/m0../s1. The van der Waals surface area contributed by atoms with E-state index in [0.29, 0.717) is 36.8 Å². The molecule has 4 aromatic carbocycles. The van der Waals surface area contributed by atoms with Crippen molar-refractivity contribution in [3.8, 4) is 11.5 Å². The van der Waals surface area contributed by atoms with Crippen LogP contribution >= 0.6 is 0 Å². The number of methoxy groups -OCH3 is 2. The number of carbonyl (C=O) groups excluding carboxylic acids is 16. The molecule has 16 amide bonds. The highest BCUT2D eigenvalue weighted by Crippen LogP contribution is 2.26. The molecule has 0 saturated heterocycles. The van der Waals surface area contributed by atoms with Gasteiger partial charge in [-0.25, -0.2) is 9.59 Å². The van der Waals surface area contributed by atoms with Gasteiger partial charge in [-0.1, -0.05) is 88.4 Å². The highest BCUT2D eigenvalue weighted by molar-refractivity contribution is 6.40. The number of amides is 16. The van der Waals surface area contributed by atoms with Crippen LogP contribution in [-0.2, 0) is 99.1 Å². The van der Waals surface area contributed by atoms with Crippen molar-refractivity contribution in [3.63, 3.8) is 0 Å². The van der Waals surface area contributed by atoms with Gasteiger partial charge in [0.2, 0.25) is 47.3 Å². The molecule has 0 unspecified atom stereocenters. The summed E-state index contributed by atoms with van der Waals surface area (Å²) in [6.07, 6.45) is -11.8. The second kappa shape index (κ2) is 59.9. The Balaban J connectivity index is 0.00000323. The molecule has 0 aliphatic carbocycles. The Morgan fingerprint density at radius 1 is 0.377 bits per heavy atom. The van der Waals surface area contributed by atoms with Crippen LogP contribution in [0.2, 0.25) is 0 Å². The van der Waals surface area contributed by atoms with Crippen molar-refractivity contribution in [2.45, 2.75) is 216 Å². The normalized spacial score (nSPS) is 20.7. The van der Waals surface area contributed by atoms with Crippen LogP contribution in [0, 0.1) is 11.8 Å². The molecule has 0 radical (unpaired) electrons. The summed E-state index contributed by atoms with van der Waals surface area (Å²) in [6.45, 7) is 7.06. The second-order valence-corrected chi connectivity index (χ2v) is 31.8. The number of nitrogens with one attached hydrogen (secondary N) is 16. The highest BCUT2D eigenvalue weighted by atomic mass is 19.4. The lowest BCUT2D eigenvalue weighted by Gasteiger charge is -2.25. The van der Waals surface area contributed by atoms with E-state index in [1.165, 1.54) is 38.5 Å². The number of benzene rings is 4. The molecule has 4 bridgehead atoms. The van der Waals surface area contributed by atoms with Crippen LogP contribution in [0.4, 0.5) is 37.7 Å². The average molecular weight is 1960 g/mol. The first-order chi connectivity index (χ1) is 64.9. The number of alkyl halides is 6. The number of carboxylic acid groups (broad SMARTS) is 4. The molecule has 5 rings (SSSR count). The van der Waals surface area contributed by atoms with Crippen molar-refractivity contribution in [2.75, 3.05) is 51.0 Å². The summed E-state index contributed by atoms with van der Waals surface area (Å²) >= 11 is 0. The number of carbonyl (C=O) groups is 20. The van der Waals surface area contributed by atoms with Crippen LogP contribution < -0.4 is 118 Å². The number of unbranched alkanes of at least 4 members (excludes halogenated alkanes) is 2. The van der Waals surface area contributed by atoms with Crippen LogP contribution in [0.15, 0.2) is 97.1 Å². The van der Waals surface area contributed by atoms with Gasteiger partial charge in [0.1, 0.15) is 59.8 Å². The summed E-state index contributed by atoms with van der Waals surface area (Å²) in [4.78, 5) is 265. The first-order valence-electron chi connectivity index (χ1n) is 43.1. The number of fused-ring (bicyclic) bond motifs is 4. The van der Waals surface area contributed by atoms with Gasteiger partial charge in [-0.05, 0) is 162 Å². The molecule has 1 aliphatic heterocycles. The zero-order chi connectivity index (χ0) is 104. The lowest BCUT2D eigenvalue weighted by molar-refractivity contribution is -0.193. The van der Waals surface area contributed by atoms with Gasteiger partial charge < -0.3 is 117 Å². The van der Waals surface area contributed by atoms with Gasteiger partial charge in [-0.3, -0.25) is 108 Å². The van der Waals surface area contributed by atoms with Crippen LogP contribution in [0.3, 0.4) is 0 Å². The molecule has 138 heavy (non-hydrogen) atoms. The Morgan fingerprint density at radius 2 is 0.681 bits per heavy atom. The third kappa shape index (κ3) is 44.2. The molecule has 0 fully saturated rings. The van der Waals surface area contributed by atoms with Crippen molar-refractivity contribution < 1.29 is 152 Å². The summed E-state index contributed by atoms with van der Waals surface area (Å²) in [7, 11) is 2.41. The average Bonchev–Trinajstić information content (AvgIpc) is 0.835. The molecule has 0 spiro atoms. The Labute approximate surface area is 786 Å². The maximum absolute atomic E-state index is 14.2. The molecule has 46 nitrogen and oxygen atoms in total. The first kappa shape index (κ1) is 117. The van der Waals surface area contributed by atoms with Crippen molar-refractivity contribution in [3.05, 3.63) is 119 Å². The second-order valence-electron chi connectivity index (χ2n) is 31.8. The third-order valence-electron chi connectivity index (χ3n) is 19.8. The molecule has 0 saturated carbocycles. The maximum Gasteiger partial charge on any atom is 0.490 e. The fraction of sp³-hybridized carbons (Fsp3) is 0.488. The van der Waals surface area contributed by atoms with Crippen molar-refractivity contribution in [1.82, 2.24) is 74.9 Å². The number of aliphatic carboxylic acids is 4. The Morgan fingerprint density at radius 3 is 0.978 bits per heavy atom. The number of carboxylic acids is 4. The lowest BCUT2D eigenvalue weighted by Crippen LogP contribution is -2.58. The first-order valence-corrected chi connectivity index (χ1v) is 43.1. The van der Waals surface area contributed by atoms with Crippen LogP contribution in [-0.4, -0.2) is 252 Å². The summed E-state index contributed by atoms with van der Waals surface area (Å²) in [5.41, 5.74) is 33.1. The van der Waals surface area contributed by atoms with Gasteiger partial charge >= 0.3 is 59.9 Å². The fourth-order valence-corrected chi connectivity index (χ4v) is 12.6. The quantitative estimate of drug-likeness (QED) is 0.0227. The summed E-state index contributed by atoms with van der Waals surface area (Å²) in [5, 5.41) is 63.8. The minimum absolute atomic E-state index is 0.0136. The molecule has 4 aromatic rings. The Kier molecular flexibility index (Phi) is 51.0. The molecular weight excluding hydrogens is 1840 g/mol. The topological polar surface area (TPSA) is 737 Å². The SMILES string of the molecule is COc1ccc2cc1C(=O)NNC(=O)[C@H](Cc1ccccc1)NC(=O)[C@H](CCC(=O)O)NC(=O)[C@@H](N)CCCNC(=O)[C@H](CCCCN)NC(=O)[C@H](CC(C)C)NC(=O)C(=O)Nc1ccc(OC)c(c1)C(=O)NNC(=O)[C@H](Cc1ccccc1)NC(=O)[C@H](CCC(=O)O)NC(=O)[C@@H](N)CCCNC(=O)[C@H](CCCCN)NC(=O)[C@H](CC(C)C)NC(=O)C(=O)N2.O=C(O)C(F)(F)F.O=C(O)C(F)(F)F. The van der Waals surface area contributed by atoms with Crippen LogP contribution in [0.25, 0.3) is 0 Å². The van der Waals surface area contributed by atoms with E-state index in [0.717, 1.165) is 12.1 Å². The fourth-order valence-electron chi connectivity index (χ4n) is 12.6. The number of hydrogen-bond acceptors (Lipinski definition) is 26. The third-order valence-corrected chi connectivity index (χ3v) is 19.8. The van der Waals surface area contributed by atoms with E-state index < -0.39 is 217 Å². The number of anilines is 2.